The number of imide groups is 1. The largest absolute Gasteiger partial charge is 0.508 e. The molecular formula is C23H20ClN3O3. The van der Waals surface area contributed by atoms with Crippen LogP contribution in [-0.4, -0.2) is 26.5 Å². The number of benzene rings is 2. The van der Waals surface area contributed by atoms with Crippen molar-refractivity contribution in [1.29, 1.82) is 0 Å². The highest BCUT2D eigenvalue weighted by molar-refractivity contribution is 6.30. The highest BCUT2D eigenvalue weighted by Gasteiger charge is 2.33. The molecule has 0 spiro atoms. The number of urea groups is 1. The van der Waals surface area contributed by atoms with Crippen molar-refractivity contribution < 1.29 is 14.7 Å². The van der Waals surface area contributed by atoms with Crippen molar-refractivity contribution in [3.05, 3.63) is 87.8 Å². The summed E-state index contributed by atoms with van der Waals surface area (Å²) in [7, 11) is 0. The fraction of sp³-hybridized carbons (Fsp3) is 0.130. The number of halogens is 1. The second kappa shape index (κ2) is 7.72. The molecular weight excluding hydrogens is 402 g/mol. The second-order valence-corrected chi connectivity index (χ2v) is 7.62. The van der Waals surface area contributed by atoms with E-state index in [-0.39, 0.29) is 23.9 Å². The Morgan fingerprint density at radius 3 is 2.37 bits per heavy atom. The minimum atomic E-state index is -0.450. The SMILES string of the molecule is Cc1cc(/C=C2\NC(=O)N(Cc3ccc(Cl)cc3)C2=O)c(C)n1-c1ccc(O)cc1. The Labute approximate surface area is 179 Å². The predicted molar refractivity (Wildman–Crippen MR) is 115 cm³/mol. The van der Waals surface area contributed by atoms with Crippen LogP contribution in [0.4, 0.5) is 4.79 Å². The molecule has 1 fully saturated rings. The molecule has 0 saturated carbocycles. The average Bonchev–Trinajstić information content (AvgIpc) is 3.14. The van der Waals surface area contributed by atoms with E-state index in [9.17, 15) is 14.7 Å². The van der Waals surface area contributed by atoms with Gasteiger partial charge in [0.05, 0.1) is 6.54 Å². The van der Waals surface area contributed by atoms with Crippen LogP contribution in [0, 0.1) is 13.8 Å². The van der Waals surface area contributed by atoms with Crippen LogP contribution in [0.5, 0.6) is 5.75 Å². The Bertz CT molecular complexity index is 1160. The van der Waals surface area contributed by atoms with Gasteiger partial charge in [-0.05, 0) is 73.5 Å². The predicted octanol–water partition coefficient (Wildman–Crippen LogP) is 4.55. The Morgan fingerprint density at radius 1 is 1.03 bits per heavy atom. The molecule has 6 nitrogen and oxygen atoms in total. The molecule has 1 aliphatic rings. The second-order valence-electron chi connectivity index (χ2n) is 7.18. The van der Waals surface area contributed by atoms with E-state index in [0.29, 0.717) is 5.02 Å². The van der Waals surface area contributed by atoms with E-state index in [2.05, 4.69) is 5.32 Å². The smallest absolute Gasteiger partial charge is 0.329 e. The van der Waals surface area contributed by atoms with Gasteiger partial charge in [-0.2, -0.15) is 0 Å². The summed E-state index contributed by atoms with van der Waals surface area (Å²) >= 11 is 5.90. The summed E-state index contributed by atoms with van der Waals surface area (Å²) in [6.07, 6.45) is 1.70. The molecule has 0 bridgehead atoms. The third-order valence-electron chi connectivity index (χ3n) is 5.09. The Kier molecular flexibility index (Phi) is 5.10. The zero-order valence-corrected chi connectivity index (χ0v) is 17.3. The number of carbonyl (C=O) groups is 2. The summed E-state index contributed by atoms with van der Waals surface area (Å²) in [5.41, 5.74) is 4.68. The highest BCUT2D eigenvalue weighted by atomic mass is 35.5. The van der Waals surface area contributed by atoms with Gasteiger partial charge >= 0.3 is 6.03 Å². The summed E-state index contributed by atoms with van der Waals surface area (Å²) in [5.74, 6) is -0.173. The van der Waals surface area contributed by atoms with Crippen molar-refractivity contribution in [1.82, 2.24) is 14.8 Å². The third kappa shape index (κ3) is 3.69. The molecule has 3 aromatic rings. The lowest BCUT2D eigenvalue weighted by atomic mass is 10.2. The maximum absolute atomic E-state index is 12.8. The van der Waals surface area contributed by atoms with E-state index in [1.54, 1.807) is 42.5 Å². The molecule has 0 aliphatic carbocycles. The van der Waals surface area contributed by atoms with E-state index in [1.807, 2.05) is 36.6 Å². The Balaban J connectivity index is 1.61. The first-order valence-corrected chi connectivity index (χ1v) is 9.78. The van der Waals surface area contributed by atoms with E-state index < -0.39 is 6.03 Å². The maximum atomic E-state index is 12.8. The molecule has 7 heteroatoms. The van der Waals surface area contributed by atoms with Gasteiger partial charge in [-0.25, -0.2) is 4.79 Å². The molecule has 3 amide bonds. The van der Waals surface area contributed by atoms with Gasteiger partial charge in [0.2, 0.25) is 0 Å². The van der Waals surface area contributed by atoms with Crippen LogP contribution in [0.15, 0.2) is 60.3 Å². The molecule has 1 aliphatic heterocycles. The van der Waals surface area contributed by atoms with Crippen LogP contribution >= 0.6 is 11.6 Å². The first-order chi connectivity index (χ1) is 14.3. The van der Waals surface area contributed by atoms with Crippen molar-refractivity contribution in [3.8, 4) is 11.4 Å². The van der Waals surface area contributed by atoms with Gasteiger partial charge in [0.1, 0.15) is 11.4 Å². The lowest BCUT2D eigenvalue weighted by Gasteiger charge is -2.11. The first-order valence-electron chi connectivity index (χ1n) is 9.41. The van der Waals surface area contributed by atoms with Crippen LogP contribution in [0.3, 0.4) is 0 Å². The van der Waals surface area contributed by atoms with Gasteiger partial charge in [0.25, 0.3) is 5.91 Å². The fourth-order valence-electron chi connectivity index (χ4n) is 3.58. The number of aryl methyl sites for hydroxylation is 1. The van der Waals surface area contributed by atoms with Gasteiger partial charge in [-0.3, -0.25) is 9.69 Å². The van der Waals surface area contributed by atoms with Crippen molar-refractivity contribution in [2.24, 2.45) is 0 Å². The first kappa shape index (κ1) is 19.8. The third-order valence-corrected chi connectivity index (χ3v) is 5.35. The van der Waals surface area contributed by atoms with Crippen LogP contribution in [0.25, 0.3) is 11.8 Å². The lowest BCUT2D eigenvalue weighted by molar-refractivity contribution is -0.123. The minimum absolute atomic E-state index is 0.172. The monoisotopic (exact) mass is 421 g/mol. The summed E-state index contributed by atoms with van der Waals surface area (Å²) < 4.78 is 2.03. The molecule has 0 radical (unpaired) electrons. The zero-order chi connectivity index (χ0) is 21.4. The van der Waals surface area contributed by atoms with Crippen molar-refractivity contribution in [2.45, 2.75) is 20.4 Å². The molecule has 2 N–H and O–H groups in total. The lowest BCUT2D eigenvalue weighted by Crippen LogP contribution is -2.30. The van der Waals surface area contributed by atoms with Gasteiger partial charge in [-0.1, -0.05) is 23.7 Å². The number of rotatable bonds is 4. The topological polar surface area (TPSA) is 74.6 Å². The molecule has 1 saturated heterocycles. The van der Waals surface area contributed by atoms with Gasteiger partial charge in [0.15, 0.2) is 0 Å². The zero-order valence-electron chi connectivity index (χ0n) is 16.5. The summed E-state index contributed by atoms with van der Waals surface area (Å²) in [5, 5.41) is 12.8. The van der Waals surface area contributed by atoms with Crippen LogP contribution in [-0.2, 0) is 11.3 Å². The number of aromatic hydroxyl groups is 1. The number of phenols is 1. The van der Waals surface area contributed by atoms with Crippen molar-refractivity contribution in [3.63, 3.8) is 0 Å². The van der Waals surface area contributed by atoms with E-state index in [0.717, 1.165) is 28.2 Å². The standard InChI is InChI=1S/C23H20ClN3O3/c1-14-11-17(15(2)27(14)19-7-9-20(28)10-8-19)12-21-22(29)26(23(30)25-21)13-16-3-5-18(24)6-4-16/h3-12,28H,13H2,1-2H3,(H,25,30)/b21-12-. The summed E-state index contributed by atoms with van der Waals surface area (Å²) in [6, 6.07) is 15.4. The van der Waals surface area contributed by atoms with Crippen LogP contribution in [0.1, 0.15) is 22.5 Å². The number of nitrogens with zero attached hydrogens (tertiary/aromatic N) is 2. The quantitative estimate of drug-likeness (QED) is 0.479. The average molecular weight is 422 g/mol. The van der Waals surface area contributed by atoms with Crippen LogP contribution in [0.2, 0.25) is 5.02 Å². The normalized spacial score (nSPS) is 15.2. The fourth-order valence-corrected chi connectivity index (χ4v) is 3.70. The number of aromatic nitrogens is 1. The van der Waals surface area contributed by atoms with E-state index in [4.69, 9.17) is 11.6 Å². The van der Waals surface area contributed by atoms with Crippen molar-refractivity contribution in [2.75, 3.05) is 0 Å². The molecule has 2 heterocycles. The number of carbonyl (C=O) groups excluding carboxylic acids is 2. The summed E-state index contributed by atoms with van der Waals surface area (Å²) in [6.45, 7) is 4.08. The molecule has 0 unspecified atom stereocenters. The summed E-state index contributed by atoms with van der Waals surface area (Å²) in [4.78, 5) is 26.4. The van der Waals surface area contributed by atoms with Gasteiger partial charge in [-0.15, -0.1) is 0 Å². The van der Waals surface area contributed by atoms with Crippen LogP contribution < -0.4 is 5.32 Å². The number of hydrogen-bond acceptors (Lipinski definition) is 3. The molecule has 0 atom stereocenters. The highest BCUT2D eigenvalue weighted by Crippen LogP contribution is 2.25. The molecule has 2 aromatic carbocycles. The maximum Gasteiger partial charge on any atom is 0.329 e. The molecule has 1 aromatic heterocycles. The van der Waals surface area contributed by atoms with E-state index >= 15 is 0 Å². The van der Waals surface area contributed by atoms with Gasteiger partial charge < -0.3 is 15.0 Å². The molecule has 152 valence electrons. The molecule has 4 rings (SSSR count). The molecule has 30 heavy (non-hydrogen) atoms. The number of hydrogen-bond donors (Lipinski definition) is 2. The minimum Gasteiger partial charge on any atom is -0.508 e. The number of phenolic OH excluding ortho intramolecular Hbond substituents is 1. The van der Waals surface area contributed by atoms with E-state index in [1.165, 1.54) is 4.90 Å². The Morgan fingerprint density at radius 2 is 1.70 bits per heavy atom. The van der Waals surface area contributed by atoms with Gasteiger partial charge in [0, 0.05) is 22.1 Å². The number of nitrogens with one attached hydrogen (secondary N) is 1. The Hall–Kier alpha value is -3.51. The number of amides is 3. The van der Waals surface area contributed by atoms with Crippen molar-refractivity contribution >= 4 is 29.6 Å².